The molecule has 0 unspecified atom stereocenters. The molecule has 0 aliphatic rings. The molecule has 20 heavy (non-hydrogen) atoms. The highest BCUT2D eigenvalue weighted by atomic mass is 35.7. The summed E-state index contributed by atoms with van der Waals surface area (Å²) in [5, 5.41) is 2.63. The van der Waals surface area contributed by atoms with E-state index in [2.05, 4.69) is 5.32 Å². The van der Waals surface area contributed by atoms with Gasteiger partial charge in [-0.15, -0.1) is 0 Å². The SMILES string of the molecule is CCOCCNC(=O)c1cc(C)c(Cl)c(S(=O)(=O)Cl)c1. The van der Waals surface area contributed by atoms with Crippen molar-refractivity contribution in [3.63, 3.8) is 0 Å². The van der Waals surface area contributed by atoms with Crippen molar-refractivity contribution in [3.8, 4) is 0 Å². The summed E-state index contributed by atoms with van der Waals surface area (Å²) in [6.45, 7) is 4.73. The van der Waals surface area contributed by atoms with Crippen LogP contribution in [0.2, 0.25) is 5.02 Å². The number of benzene rings is 1. The third kappa shape index (κ3) is 4.63. The smallest absolute Gasteiger partial charge is 0.262 e. The van der Waals surface area contributed by atoms with Gasteiger partial charge in [-0.05, 0) is 31.5 Å². The van der Waals surface area contributed by atoms with Crippen molar-refractivity contribution in [2.75, 3.05) is 19.8 Å². The lowest BCUT2D eigenvalue weighted by molar-refractivity contribution is 0.0922. The number of hydrogen-bond donors (Lipinski definition) is 1. The van der Waals surface area contributed by atoms with Crippen LogP contribution >= 0.6 is 22.3 Å². The number of rotatable bonds is 6. The van der Waals surface area contributed by atoms with Crippen molar-refractivity contribution in [1.82, 2.24) is 5.32 Å². The quantitative estimate of drug-likeness (QED) is 0.637. The van der Waals surface area contributed by atoms with E-state index in [1.54, 1.807) is 6.92 Å². The molecule has 1 N–H and O–H groups in total. The summed E-state index contributed by atoms with van der Waals surface area (Å²) in [6, 6.07) is 2.66. The Morgan fingerprint density at radius 1 is 1.40 bits per heavy atom. The Bertz CT molecular complexity index is 602. The Morgan fingerprint density at radius 2 is 2.05 bits per heavy atom. The molecule has 1 aromatic carbocycles. The van der Waals surface area contributed by atoms with Crippen LogP contribution in [0.4, 0.5) is 0 Å². The highest BCUT2D eigenvalue weighted by Crippen LogP contribution is 2.29. The number of halogens is 2. The fraction of sp³-hybridized carbons (Fsp3) is 0.417. The molecule has 1 aromatic rings. The number of nitrogens with one attached hydrogen (secondary N) is 1. The first-order valence-electron chi connectivity index (χ1n) is 5.88. The van der Waals surface area contributed by atoms with Gasteiger partial charge in [0.25, 0.3) is 15.0 Å². The van der Waals surface area contributed by atoms with Gasteiger partial charge in [0.15, 0.2) is 0 Å². The van der Waals surface area contributed by atoms with Crippen LogP contribution in [0.5, 0.6) is 0 Å². The maximum atomic E-state index is 11.9. The van der Waals surface area contributed by atoms with E-state index in [4.69, 9.17) is 27.0 Å². The first-order chi connectivity index (χ1) is 9.27. The molecule has 0 heterocycles. The third-order valence-corrected chi connectivity index (χ3v) is 4.44. The lowest BCUT2D eigenvalue weighted by Crippen LogP contribution is -2.27. The highest BCUT2D eigenvalue weighted by molar-refractivity contribution is 8.13. The Labute approximate surface area is 127 Å². The van der Waals surface area contributed by atoms with Gasteiger partial charge in [0, 0.05) is 29.4 Å². The van der Waals surface area contributed by atoms with Gasteiger partial charge in [0.05, 0.1) is 11.6 Å². The summed E-state index contributed by atoms with van der Waals surface area (Å²) in [5.74, 6) is -0.411. The maximum Gasteiger partial charge on any atom is 0.262 e. The zero-order chi connectivity index (χ0) is 15.3. The number of carbonyl (C=O) groups excluding carboxylic acids is 1. The van der Waals surface area contributed by atoms with E-state index in [1.807, 2.05) is 6.92 Å². The average Bonchev–Trinajstić information content (AvgIpc) is 2.36. The molecule has 0 atom stereocenters. The molecule has 0 bridgehead atoms. The zero-order valence-electron chi connectivity index (χ0n) is 11.1. The van der Waals surface area contributed by atoms with E-state index in [9.17, 15) is 13.2 Å². The maximum absolute atomic E-state index is 11.9. The van der Waals surface area contributed by atoms with E-state index < -0.39 is 15.0 Å². The largest absolute Gasteiger partial charge is 0.380 e. The topological polar surface area (TPSA) is 72.5 Å². The minimum Gasteiger partial charge on any atom is -0.380 e. The summed E-state index contributed by atoms with van der Waals surface area (Å²) in [5.41, 5.74) is 0.644. The molecule has 0 aliphatic heterocycles. The second-order valence-corrected chi connectivity index (χ2v) is 6.91. The molecule has 0 saturated heterocycles. The van der Waals surface area contributed by atoms with Gasteiger partial charge in [-0.2, -0.15) is 0 Å². The number of hydrogen-bond acceptors (Lipinski definition) is 4. The normalized spacial score (nSPS) is 11.4. The van der Waals surface area contributed by atoms with Gasteiger partial charge in [0.2, 0.25) is 0 Å². The van der Waals surface area contributed by atoms with E-state index in [0.29, 0.717) is 25.3 Å². The van der Waals surface area contributed by atoms with Crippen molar-refractivity contribution >= 4 is 37.2 Å². The van der Waals surface area contributed by atoms with Crippen molar-refractivity contribution in [3.05, 3.63) is 28.3 Å². The van der Waals surface area contributed by atoms with Gasteiger partial charge in [-0.25, -0.2) is 8.42 Å². The van der Waals surface area contributed by atoms with Crippen LogP contribution in [0.15, 0.2) is 17.0 Å². The molecular formula is C12H15Cl2NO4S. The van der Waals surface area contributed by atoms with Crippen LogP contribution in [0, 0.1) is 6.92 Å². The summed E-state index contributed by atoms with van der Waals surface area (Å²) in [4.78, 5) is 11.6. The molecule has 0 aromatic heterocycles. The zero-order valence-corrected chi connectivity index (χ0v) is 13.4. The van der Waals surface area contributed by atoms with Crippen LogP contribution in [0.25, 0.3) is 0 Å². The van der Waals surface area contributed by atoms with Crippen molar-refractivity contribution < 1.29 is 17.9 Å². The van der Waals surface area contributed by atoms with Gasteiger partial charge in [-0.3, -0.25) is 4.79 Å². The average molecular weight is 340 g/mol. The summed E-state index contributed by atoms with van der Waals surface area (Å²) >= 11 is 5.88. The van der Waals surface area contributed by atoms with Crippen LogP contribution in [-0.2, 0) is 13.8 Å². The van der Waals surface area contributed by atoms with Crippen LogP contribution < -0.4 is 5.32 Å². The van der Waals surface area contributed by atoms with Crippen molar-refractivity contribution in [1.29, 1.82) is 0 Å². The molecule has 0 fully saturated rings. The Morgan fingerprint density at radius 3 is 2.60 bits per heavy atom. The van der Waals surface area contributed by atoms with Crippen molar-refractivity contribution in [2.45, 2.75) is 18.7 Å². The molecule has 1 rings (SSSR count). The molecule has 8 heteroatoms. The summed E-state index contributed by atoms with van der Waals surface area (Å²) in [7, 11) is 1.29. The highest BCUT2D eigenvalue weighted by Gasteiger charge is 2.19. The minimum absolute atomic E-state index is 0.0193. The van der Waals surface area contributed by atoms with Gasteiger partial charge in [0.1, 0.15) is 4.90 Å². The fourth-order valence-corrected chi connectivity index (χ4v) is 3.07. The van der Waals surface area contributed by atoms with Gasteiger partial charge < -0.3 is 10.1 Å². The standard InChI is InChI=1S/C12H15Cl2NO4S/c1-3-19-5-4-15-12(16)9-6-8(2)11(13)10(7-9)20(14,17)18/h6-7H,3-5H2,1-2H3,(H,15,16). The predicted molar refractivity (Wildman–Crippen MR) is 78.1 cm³/mol. The van der Waals surface area contributed by atoms with E-state index in [0.717, 1.165) is 6.07 Å². The number of carbonyl (C=O) groups is 1. The lowest BCUT2D eigenvalue weighted by Gasteiger charge is -2.09. The molecule has 112 valence electrons. The van der Waals surface area contributed by atoms with Crippen LogP contribution in [-0.4, -0.2) is 34.1 Å². The molecule has 0 saturated carbocycles. The predicted octanol–water partition coefficient (Wildman–Crippen LogP) is 2.34. The molecular weight excluding hydrogens is 325 g/mol. The van der Waals surface area contributed by atoms with Crippen molar-refractivity contribution in [2.24, 2.45) is 0 Å². The Hall–Kier alpha value is -0.820. The van der Waals surface area contributed by atoms with Crippen LogP contribution in [0.3, 0.4) is 0 Å². The molecule has 0 radical (unpaired) electrons. The summed E-state index contributed by atoms with van der Waals surface area (Å²) < 4.78 is 27.9. The first kappa shape index (κ1) is 17.2. The molecule has 0 spiro atoms. The minimum atomic E-state index is -4.01. The van der Waals surface area contributed by atoms with Gasteiger partial charge >= 0.3 is 0 Å². The second kappa shape index (κ2) is 7.26. The summed E-state index contributed by atoms with van der Waals surface area (Å²) in [6.07, 6.45) is 0. The second-order valence-electron chi connectivity index (χ2n) is 4.00. The van der Waals surface area contributed by atoms with Crippen LogP contribution in [0.1, 0.15) is 22.8 Å². The number of ether oxygens (including phenoxy) is 1. The molecule has 1 amide bonds. The Balaban J connectivity index is 2.97. The van der Waals surface area contributed by atoms with Gasteiger partial charge in [-0.1, -0.05) is 11.6 Å². The van der Waals surface area contributed by atoms with E-state index in [-0.39, 0.29) is 15.5 Å². The molecule has 5 nitrogen and oxygen atoms in total. The Kier molecular flexibility index (Phi) is 6.26. The third-order valence-electron chi connectivity index (χ3n) is 2.48. The van der Waals surface area contributed by atoms with E-state index in [1.165, 1.54) is 6.07 Å². The fourth-order valence-electron chi connectivity index (χ4n) is 1.53. The van der Waals surface area contributed by atoms with E-state index >= 15 is 0 Å². The number of amides is 1. The monoisotopic (exact) mass is 339 g/mol. The first-order valence-corrected chi connectivity index (χ1v) is 8.56. The lowest BCUT2D eigenvalue weighted by atomic mass is 10.1. The number of aryl methyl sites for hydroxylation is 1. The molecule has 0 aliphatic carbocycles.